The zero-order valence-corrected chi connectivity index (χ0v) is 19.3. The van der Waals surface area contributed by atoms with E-state index in [9.17, 15) is 14.9 Å². The number of allylic oxidation sites excluding steroid dienone is 2. The molecule has 1 aliphatic carbocycles. The van der Waals surface area contributed by atoms with E-state index in [1.807, 2.05) is 12.1 Å². The number of nitro benzene ring substituents is 1. The Kier molecular flexibility index (Phi) is 5.59. The van der Waals surface area contributed by atoms with E-state index >= 15 is 0 Å². The molecule has 11 nitrogen and oxygen atoms in total. The van der Waals surface area contributed by atoms with E-state index in [1.165, 1.54) is 18.5 Å². The summed E-state index contributed by atoms with van der Waals surface area (Å²) in [4.78, 5) is 28.5. The molecule has 0 bridgehead atoms. The Bertz CT molecular complexity index is 1320. The molecule has 2 aliphatic rings. The van der Waals surface area contributed by atoms with Crippen molar-refractivity contribution < 1.29 is 23.9 Å². The summed E-state index contributed by atoms with van der Waals surface area (Å²) in [5.74, 6) is 1.87. The highest BCUT2D eigenvalue weighted by Gasteiger charge is 2.39. The van der Waals surface area contributed by atoms with Gasteiger partial charge in [0.25, 0.3) is 5.69 Å². The molecular formula is C24H23N5O6. The summed E-state index contributed by atoms with van der Waals surface area (Å²) in [6.45, 7) is 0. The zero-order chi connectivity index (χ0) is 24.7. The second-order valence-electron chi connectivity index (χ2n) is 8.28. The first-order valence-corrected chi connectivity index (χ1v) is 10.9. The maximum absolute atomic E-state index is 13.6. The lowest BCUT2D eigenvalue weighted by atomic mass is 9.77. The lowest BCUT2D eigenvalue weighted by molar-refractivity contribution is -0.384. The number of nitrogens with one attached hydrogen (secondary N) is 1. The molecule has 1 aromatic heterocycles. The summed E-state index contributed by atoms with van der Waals surface area (Å²) in [5.41, 5.74) is 2.92. The largest absolute Gasteiger partial charge is 0.493 e. The molecular weight excluding hydrogens is 454 g/mol. The van der Waals surface area contributed by atoms with Gasteiger partial charge in [-0.25, -0.2) is 4.68 Å². The molecule has 180 valence electrons. The summed E-state index contributed by atoms with van der Waals surface area (Å²) in [5, 5.41) is 18.7. The number of hydrogen-bond acceptors (Lipinski definition) is 9. The lowest BCUT2D eigenvalue weighted by Crippen LogP contribution is -2.33. The maximum Gasteiger partial charge on any atom is 0.269 e. The van der Waals surface area contributed by atoms with Crippen molar-refractivity contribution in [1.82, 2.24) is 14.8 Å². The van der Waals surface area contributed by atoms with E-state index in [2.05, 4.69) is 15.4 Å². The van der Waals surface area contributed by atoms with Gasteiger partial charge in [-0.1, -0.05) is 0 Å². The second kappa shape index (κ2) is 8.75. The van der Waals surface area contributed by atoms with E-state index in [-0.39, 0.29) is 23.8 Å². The SMILES string of the molecule is COc1cc(C2CC(=O)C3=C(C2)Nc2ncnn2C3c2ccc([N+](=O)[O-])cc2)cc(OC)c1OC. The number of non-ortho nitro benzene ring substituents is 1. The molecule has 0 spiro atoms. The molecule has 11 heteroatoms. The van der Waals surface area contributed by atoms with Crippen LogP contribution in [0, 0.1) is 10.1 Å². The molecule has 1 N–H and O–H groups in total. The predicted molar refractivity (Wildman–Crippen MR) is 125 cm³/mol. The van der Waals surface area contributed by atoms with Crippen LogP contribution in [0.25, 0.3) is 0 Å². The average Bonchev–Trinajstić information content (AvgIpc) is 3.34. The van der Waals surface area contributed by atoms with E-state index in [4.69, 9.17) is 14.2 Å². The van der Waals surface area contributed by atoms with E-state index < -0.39 is 11.0 Å². The van der Waals surface area contributed by atoms with Crippen LogP contribution in [0.1, 0.15) is 35.9 Å². The Hall–Kier alpha value is -4.41. The number of aromatic nitrogens is 3. The van der Waals surface area contributed by atoms with E-state index in [0.29, 0.717) is 35.2 Å². The Balaban J connectivity index is 1.56. The molecule has 0 saturated carbocycles. The number of nitrogens with zero attached hydrogens (tertiary/aromatic N) is 4. The molecule has 2 aromatic carbocycles. The number of ketones is 1. The monoisotopic (exact) mass is 477 g/mol. The number of benzene rings is 2. The van der Waals surface area contributed by atoms with Crippen molar-refractivity contribution in [2.45, 2.75) is 24.8 Å². The fourth-order valence-electron chi connectivity index (χ4n) is 4.81. The minimum atomic E-state index is -0.530. The average molecular weight is 477 g/mol. The van der Waals surface area contributed by atoms with Gasteiger partial charge in [-0.05, 0) is 47.7 Å². The quantitative estimate of drug-likeness (QED) is 0.418. The molecule has 0 amide bonds. The van der Waals surface area contributed by atoms with Gasteiger partial charge in [0.2, 0.25) is 11.7 Å². The van der Waals surface area contributed by atoms with Crippen molar-refractivity contribution in [3.63, 3.8) is 0 Å². The third-order valence-corrected chi connectivity index (χ3v) is 6.44. The lowest BCUT2D eigenvalue weighted by Gasteiger charge is -2.35. The first kappa shape index (κ1) is 22.4. The molecule has 1 aliphatic heterocycles. The molecule has 2 atom stereocenters. The van der Waals surface area contributed by atoms with Crippen molar-refractivity contribution in [3.8, 4) is 17.2 Å². The smallest absolute Gasteiger partial charge is 0.269 e. The number of ether oxygens (including phenoxy) is 3. The number of fused-ring (bicyclic) bond motifs is 1. The van der Waals surface area contributed by atoms with Crippen molar-refractivity contribution in [2.75, 3.05) is 26.6 Å². The Morgan fingerprint density at radius 2 is 1.71 bits per heavy atom. The number of carbonyl (C=O) groups excluding carboxylic acids is 1. The second-order valence-corrected chi connectivity index (χ2v) is 8.28. The van der Waals surface area contributed by atoms with Gasteiger partial charge < -0.3 is 19.5 Å². The van der Waals surface area contributed by atoms with Crippen molar-refractivity contribution >= 4 is 17.4 Å². The summed E-state index contributed by atoms with van der Waals surface area (Å²) in [6.07, 6.45) is 2.24. The summed E-state index contributed by atoms with van der Waals surface area (Å²) >= 11 is 0. The van der Waals surface area contributed by atoms with Crippen LogP contribution in [0.4, 0.5) is 11.6 Å². The fourth-order valence-corrected chi connectivity index (χ4v) is 4.81. The van der Waals surface area contributed by atoms with Crippen LogP contribution in [0.2, 0.25) is 0 Å². The van der Waals surface area contributed by atoms with Gasteiger partial charge in [-0.3, -0.25) is 14.9 Å². The highest BCUT2D eigenvalue weighted by atomic mass is 16.6. The van der Waals surface area contributed by atoms with Gasteiger partial charge in [0.1, 0.15) is 12.4 Å². The molecule has 3 aromatic rings. The number of rotatable bonds is 6. The molecule has 0 radical (unpaired) electrons. The minimum Gasteiger partial charge on any atom is -0.493 e. The van der Waals surface area contributed by atoms with Gasteiger partial charge in [0.15, 0.2) is 17.3 Å². The van der Waals surface area contributed by atoms with E-state index in [1.54, 1.807) is 38.1 Å². The van der Waals surface area contributed by atoms with E-state index in [0.717, 1.165) is 16.8 Å². The minimum absolute atomic E-state index is 0.0202. The molecule has 0 saturated heterocycles. The van der Waals surface area contributed by atoms with Gasteiger partial charge in [-0.2, -0.15) is 10.1 Å². The van der Waals surface area contributed by atoms with Crippen molar-refractivity contribution in [2.24, 2.45) is 0 Å². The highest BCUT2D eigenvalue weighted by Crippen LogP contribution is 2.47. The summed E-state index contributed by atoms with van der Waals surface area (Å²) in [6, 6.07) is 9.37. The summed E-state index contributed by atoms with van der Waals surface area (Å²) < 4.78 is 18.0. The van der Waals surface area contributed by atoms with Gasteiger partial charge in [0.05, 0.1) is 26.3 Å². The molecule has 5 rings (SSSR count). The van der Waals surface area contributed by atoms with Crippen LogP contribution < -0.4 is 19.5 Å². The predicted octanol–water partition coefficient (Wildman–Crippen LogP) is 3.63. The molecule has 0 fully saturated rings. The number of anilines is 1. The normalized spacial score (nSPS) is 18.9. The highest BCUT2D eigenvalue weighted by molar-refractivity contribution is 6.00. The Morgan fingerprint density at radius 1 is 1.03 bits per heavy atom. The van der Waals surface area contributed by atoms with Crippen molar-refractivity contribution in [3.05, 3.63) is 75.2 Å². The third kappa shape index (κ3) is 3.74. The first-order chi connectivity index (χ1) is 16.9. The van der Waals surface area contributed by atoms with Gasteiger partial charge >= 0.3 is 0 Å². The van der Waals surface area contributed by atoms with Gasteiger partial charge in [-0.15, -0.1) is 0 Å². The Labute approximate surface area is 200 Å². The number of nitro groups is 1. The van der Waals surface area contributed by atoms with Gasteiger partial charge in [0, 0.05) is 29.8 Å². The molecule has 35 heavy (non-hydrogen) atoms. The zero-order valence-electron chi connectivity index (χ0n) is 19.3. The van der Waals surface area contributed by atoms with Crippen molar-refractivity contribution in [1.29, 1.82) is 0 Å². The van der Waals surface area contributed by atoms with Crippen LogP contribution >= 0.6 is 0 Å². The summed E-state index contributed by atoms with van der Waals surface area (Å²) in [7, 11) is 4.65. The molecule has 2 unspecified atom stereocenters. The van der Waals surface area contributed by atoms with Crippen LogP contribution in [-0.2, 0) is 4.79 Å². The fraction of sp³-hybridized carbons (Fsp3) is 0.292. The van der Waals surface area contributed by atoms with Crippen LogP contribution in [0.5, 0.6) is 17.2 Å². The first-order valence-electron chi connectivity index (χ1n) is 10.9. The Morgan fingerprint density at radius 3 is 2.31 bits per heavy atom. The standard InChI is InChI=1S/C24H23N5O6/c1-33-19-10-15(11-20(34-2)23(19)35-3)14-8-17-21(18(30)9-14)22(28-24(27-17)25-12-26-28)13-4-6-16(7-5-13)29(31)32/h4-7,10-12,14,22H,8-9H2,1-3H3,(H,25,26,27). The molecule has 2 heterocycles. The third-order valence-electron chi connectivity index (χ3n) is 6.44. The maximum atomic E-state index is 13.6. The number of hydrogen-bond donors (Lipinski definition) is 1. The topological polar surface area (TPSA) is 131 Å². The number of carbonyl (C=O) groups is 1. The van der Waals surface area contributed by atoms with Crippen LogP contribution in [0.3, 0.4) is 0 Å². The van der Waals surface area contributed by atoms with Crippen LogP contribution in [-0.4, -0.2) is 46.8 Å². The number of methoxy groups -OCH3 is 3. The van der Waals surface area contributed by atoms with Crippen LogP contribution in [0.15, 0.2) is 54.0 Å². The number of Topliss-reactive ketones (excluding diaryl/α,β-unsaturated/α-hetero) is 1.